The van der Waals surface area contributed by atoms with Crippen LogP contribution in [0, 0.1) is 19.8 Å². The lowest BCUT2D eigenvalue weighted by Gasteiger charge is -2.40. The van der Waals surface area contributed by atoms with Gasteiger partial charge in [0.1, 0.15) is 28.9 Å². The second kappa shape index (κ2) is 8.46. The SMILES string of the molecule is Cc1cc(C(=O)N2[C@@H](c3ccco3)[C@@H](C(=O)O)C[C@]23CCCCN(CCO)C3=O)c(C)o1. The Morgan fingerprint density at radius 3 is 2.66 bits per heavy atom. The lowest BCUT2D eigenvalue weighted by atomic mass is 9.85. The zero-order valence-electron chi connectivity index (χ0n) is 18.2. The molecule has 2 fully saturated rings. The summed E-state index contributed by atoms with van der Waals surface area (Å²) in [6, 6.07) is 3.95. The fourth-order valence-electron chi connectivity index (χ4n) is 5.29. The highest BCUT2D eigenvalue weighted by molar-refractivity contribution is 6.01. The molecule has 2 aromatic heterocycles. The standard InChI is InChI=1S/C23H28N2O7/c1-14-12-16(15(2)32-14)20(27)25-19(18-6-5-11-31-18)17(21(28)29)13-23(25)7-3-4-8-24(9-10-26)22(23)30/h5-6,11-12,17,19,26H,3-4,7-10,13H2,1-2H3,(H,28,29)/t17-,19+,23-/m0/s1. The Bertz CT molecular complexity index is 1010. The molecular weight excluding hydrogens is 416 g/mol. The van der Waals surface area contributed by atoms with E-state index in [4.69, 9.17) is 8.83 Å². The second-order valence-corrected chi connectivity index (χ2v) is 8.62. The zero-order chi connectivity index (χ0) is 23.0. The van der Waals surface area contributed by atoms with E-state index in [-0.39, 0.29) is 25.5 Å². The minimum absolute atomic E-state index is 0.0178. The number of rotatable bonds is 5. The predicted molar refractivity (Wildman–Crippen MR) is 112 cm³/mol. The summed E-state index contributed by atoms with van der Waals surface area (Å²) in [5.41, 5.74) is -1.05. The van der Waals surface area contributed by atoms with E-state index in [1.54, 1.807) is 36.9 Å². The van der Waals surface area contributed by atoms with E-state index in [0.717, 1.165) is 0 Å². The van der Waals surface area contributed by atoms with Crippen LogP contribution in [0.2, 0.25) is 0 Å². The van der Waals surface area contributed by atoms with Gasteiger partial charge in [-0.15, -0.1) is 0 Å². The highest BCUT2D eigenvalue weighted by atomic mass is 16.4. The molecule has 32 heavy (non-hydrogen) atoms. The lowest BCUT2D eigenvalue weighted by Crippen LogP contribution is -2.58. The fourth-order valence-corrected chi connectivity index (χ4v) is 5.29. The molecule has 2 aliphatic heterocycles. The van der Waals surface area contributed by atoms with Crippen molar-refractivity contribution in [3.8, 4) is 0 Å². The van der Waals surface area contributed by atoms with Crippen LogP contribution < -0.4 is 0 Å². The largest absolute Gasteiger partial charge is 0.481 e. The van der Waals surface area contributed by atoms with E-state index in [1.807, 2.05) is 0 Å². The number of carbonyl (C=O) groups excluding carboxylic acids is 2. The number of hydrogen-bond donors (Lipinski definition) is 2. The van der Waals surface area contributed by atoms with Crippen molar-refractivity contribution in [1.29, 1.82) is 0 Å². The van der Waals surface area contributed by atoms with Crippen molar-refractivity contribution in [2.24, 2.45) is 5.92 Å². The van der Waals surface area contributed by atoms with Crippen LogP contribution in [0.4, 0.5) is 0 Å². The molecule has 2 amide bonds. The summed E-state index contributed by atoms with van der Waals surface area (Å²) in [7, 11) is 0. The number of carboxylic acids is 1. The average molecular weight is 444 g/mol. The molecule has 0 unspecified atom stereocenters. The van der Waals surface area contributed by atoms with Gasteiger partial charge in [-0.3, -0.25) is 14.4 Å². The van der Waals surface area contributed by atoms with Gasteiger partial charge in [0.05, 0.1) is 24.4 Å². The quantitative estimate of drug-likeness (QED) is 0.726. The van der Waals surface area contributed by atoms with E-state index < -0.39 is 29.4 Å². The van der Waals surface area contributed by atoms with Crippen molar-refractivity contribution in [3.63, 3.8) is 0 Å². The van der Waals surface area contributed by atoms with Crippen LogP contribution in [0.15, 0.2) is 33.3 Å². The van der Waals surface area contributed by atoms with Gasteiger partial charge in [-0.25, -0.2) is 0 Å². The predicted octanol–water partition coefficient (Wildman–Crippen LogP) is 2.52. The Kier molecular flexibility index (Phi) is 5.85. The van der Waals surface area contributed by atoms with E-state index in [2.05, 4.69) is 0 Å². The van der Waals surface area contributed by atoms with Crippen LogP contribution in [-0.4, -0.2) is 63.0 Å². The molecule has 2 N–H and O–H groups in total. The monoisotopic (exact) mass is 444 g/mol. The maximum absolute atomic E-state index is 14.0. The molecule has 4 rings (SSSR count). The first-order valence-electron chi connectivity index (χ1n) is 10.9. The first-order chi connectivity index (χ1) is 15.3. The van der Waals surface area contributed by atoms with Gasteiger partial charge >= 0.3 is 5.97 Å². The molecule has 0 aromatic carbocycles. The van der Waals surface area contributed by atoms with Gasteiger partial charge in [0.15, 0.2) is 0 Å². The molecule has 172 valence electrons. The number of carbonyl (C=O) groups is 3. The van der Waals surface area contributed by atoms with Crippen molar-refractivity contribution >= 4 is 17.8 Å². The maximum Gasteiger partial charge on any atom is 0.309 e. The van der Waals surface area contributed by atoms with E-state index in [0.29, 0.717) is 48.7 Å². The summed E-state index contributed by atoms with van der Waals surface area (Å²) in [5.74, 6) is -1.60. The Balaban J connectivity index is 1.90. The van der Waals surface area contributed by atoms with Crippen molar-refractivity contribution in [2.75, 3.05) is 19.7 Å². The fraction of sp³-hybridized carbons (Fsp3) is 0.522. The highest BCUT2D eigenvalue weighted by Crippen LogP contribution is 2.51. The number of aliphatic hydroxyl groups is 1. The molecule has 9 nitrogen and oxygen atoms in total. The number of furan rings is 2. The summed E-state index contributed by atoms with van der Waals surface area (Å²) < 4.78 is 11.1. The van der Waals surface area contributed by atoms with Gasteiger partial charge in [-0.05, 0) is 57.7 Å². The summed E-state index contributed by atoms with van der Waals surface area (Å²) in [6.45, 7) is 3.78. The third-order valence-corrected chi connectivity index (χ3v) is 6.64. The number of hydrogen-bond acceptors (Lipinski definition) is 6. The van der Waals surface area contributed by atoms with Gasteiger partial charge < -0.3 is 28.8 Å². The van der Waals surface area contributed by atoms with Gasteiger partial charge in [0, 0.05) is 13.1 Å². The van der Waals surface area contributed by atoms with Crippen LogP contribution in [0.1, 0.15) is 59.4 Å². The van der Waals surface area contributed by atoms with Crippen LogP contribution in [0.5, 0.6) is 0 Å². The Morgan fingerprint density at radius 2 is 2.06 bits per heavy atom. The van der Waals surface area contributed by atoms with Crippen LogP contribution in [0.25, 0.3) is 0 Å². The van der Waals surface area contributed by atoms with Crippen molar-refractivity contribution in [2.45, 2.75) is 51.1 Å². The number of β-amino-alcohol motifs (C(OH)–C–C–N with tert-alkyl or cyclic N) is 1. The molecule has 2 aliphatic rings. The molecule has 0 bridgehead atoms. The normalized spacial score (nSPS) is 26.0. The topological polar surface area (TPSA) is 124 Å². The third-order valence-electron chi connectivity index (χ3n) is 6.64. The number of likely N-dealkylation sites (tertiary alicyclic amines) is 2. The summed E-state index contributed by atoms with van der Waals surface area (Å²) in [4.78, 5) is 43.1. The second-order valence-electron chi connectivity index (χ2n) is 8.62. The van der Waals surface area contributed by atoms with Gasteiger partial charge in [0.25, 0.3) is 5.91 Å². The smallest absolute Gasteiger partial charge is 0.309 e. The first-order valence-corrected chi connectivity index (χ1v) is 10.9. The van der Waals surface area contributed by atoms with E-state index in [9.17, 15) is 24.6 Å². The van der Waals surface area contributed by atoms with Crippen LogP contribution >= 0.6 is 0 Å². The van der Waals surface area contributed by atoms with Gasteiger partial charge in [-0.1, -0.05) is 0 Å². The van der Waals surface area contributed by atoms with E-state index in [1.165, 1.54) is 11.2 Å². The molecule has 2 saturated heterocycles. The third kappa shape index (κ3) is 3.50. The lowest BCUT2D eigenvalue weighted by molar-refractivity contribution is -0.142. The van der Waals surface area contributed by atoms with Crippen LogP contribution in [-0.2, 0) is 9.59 Å². The van der Waals surface area contributed by atoms with Gasteiger partial charge in [0.2, 0.25) is 5.91 Å². The summed E-state index contributed by atoms with van der Waals surface area (Å²) in [5, 5.41) is 19.6. The molecule has 0 radical (unpaired) electrons. The highest BCUT2D eigenvalue weighted by Gasteiger charge is 2.62. The number of nitrogens with zero attached hydrogens (tertiary/aromatic N) is 2. The molecular formula is C23H28N2O7. The molecule has 2 aromatic rings. The van der Waals surface area contributed by atoms with Gasteiger partial charge in [-0.2, -0.15) is 0 Å². The molecule has 0 aliphatic carbocycles. The van der Waals surface area contributed by atoms with Crippen LogP contribution in [0.3, 0.4) is 0 Å². The summed E-state index contributed by atoms with van der Waals surface area (Å²) in [6.07, 6.45) is 3.12. The number of amides is 2. The Morgan fingerprint density at radius 1 is 1.28 bits per heavy atom. The molecule has 9 heteroatoms. The maximum atomic E-state index is 14.0. The minimum Gasteiger partial charge on any atom is -0.481 e. The number of aliphatic hydroxyl groups excluding tert-OH is 1. The van der Waals surface area contributed by atoms with Crippen molar-refractivity contribution < 1.29 is 33.4 Å². The average Bonchev–Trinajstić information content (AvgIpc) is 3.44. The molecule has 0 saturated carbocycles. The molecule has 1 spiro atoms. The number of aryl methyl sites for hydroxylation is 2. The number of aliphatic carboxylic acids is 1. The van der Waals surface area contributed by atoms with Crippen molar-refractivity contribution in [3.05, 3.63) is 47.3 Å². The zero-order valence-corrected chi connectivity index (χ0v) is 18.2. The van der Waals surface area contributed by atoms with Crippen molar-refractivity contribution in [1.82, 2.24) is 9.80 Å². The number of carboxylic acid groups (broad SMARTS) is 1. The molecule has 4 heterocycles. The Labute approximate surface area is 185 Å². The minimum atomic E-state index is -1.35. The van der Waals surface area contributed by atoms with E-state index >= 15 is 0 Å². The first kappa shape index (κ1) is 22.1. The molecule has 3 atom stereocenters. The Hall–Kier alpha value is -3.07. The summed E-state index contributed by atoms with van der Waals surface area (Å²) >= 11 is 0.